The highest BCUT2D eigenvalue weighted by Crippen LogP contribution is 2.14. The van der Waals surface area contributed by atoms with Crippen LogP contribution in [0.1, 0.15) is 77.7 Å². The summed E-state index contributed by atoms with van der Waals surface area (Å²) in [5.74, 6) is 0. The Morgan fingerprint density at radius 3 is 1.96 bits per heavy atom. The van der Waals surface area contributed by atoms with Crippen LogP contribution in [0.25, 0.3) is 0 Å². The fourth-order valence-electron chi connectivity index (χ4n) is 2.71. The van der Waals surface area contributed by atoms with Crippen LogP contribution in [-0.4, -0.2) is 25.6 Å². The van der Waals surface area contributed by atoms with Gasteiger partial charge in [-0.3, -0.25) is 0 Å². The van der Waals surface area contributed by atoms with Gasteiger partial charge in [-0.25, -0.2) is 0 Å². The Labute approximate surface area is 155 Å². The summed E-state index contributed by atoms with van der Waals surface area (Å²) in [6, 6.07) is 10.4. The Balaban J connectivity index is 2.02. The van der Waals surface area contributed by atoms with Crippen LogP contribution in [0.4, 0.5) is 0 Å². The summed E-state index contributed by atoms with van der Waals surface area (Å²) in [5.41, 5.74) is 1.25. The Morgan fingerprint density at radius 1 is 0.760 bits per heavy atom. The van der Waals surface area contributed by atoms with E-state index in [0.717, 1.165) is 38.9 Å². The number of hydrogen-bond acceptors (Lipinski definition) is 3. The van der Waals surface area contributed by atoms with Gasteiger partial charge in [0.05, 0.1) is 12.7 Å². The molecule has 1 unspecified atom stereocenters. The average Bonchev–Trinajstić information content (AvgIpc) is 2.65. The van der Waals surface area contributed by atoms with E-state index in [9.17, 15) is 0 Å². The maximum Gasteiger partial charge on any atom is 0.157 e. The van der Waals surface area contributed by atoms with Crippen LogP contribution in [0, 0.1) is 0 Å². The first-order chi connectivity index (χ1) is 12.3. The first-order valence-corrected chi connectivity index (χ1v) is 10.1. The van der Waals surface area contributed by atoms with Gasteiger partial charge in [-0.2, -0.15) is 0 Å². The first kappa shape index (κ1) is 22.1. The molecule has 0 saturated heterocycles. The molecular formula is C22H38O3. The molecule has 25 heavy (non-hydrogen) atoms. The molecule has 0 heterocycles. The summed E-state index contributed by atoms with van der Waals surface area (Å²) in [7, 11) is 0. The van der Waals surface area contributed by atoms with Gasteiger partial charge in [0, 0.05) is 13.2 Å². The van der Waals surface area contributed by atoms with Crippen molar-refractivity contribution >= 4 is 0 Å². The lowest BCUT2D eigenvalue weighted by atomic mass is 10.1. The Bertz CT molecular complexity index is 386. The minimum absolute atomic E-state index is 0.00645. The summed E-state index contributed by atoms with van der Waals surface area (Å²) in [6.45, 7) is 8.76. The van der Waals surface area contributed by atoms with Gasteiger partial charge in [0.2, 0.25) is 0 Å². The zero-order valence-electron chi connectivity index (χ0n) is 16.5. The van der Waals surface area contributed by atoms with E-state index in [4.69, 9.17) is 14.2 Å². The van der Waals surface area contributed by atoms with Gasteiger partial charge in [0.1, 0.15) is 0 Å². The summed E-state index contributed by atoms with van der Waals surface area (Å²) < 4.78 is 17.5. The van der Waals surface area contributed by atoms with Crippen molar-refractivity contribution in [1.82, 2.24) is 0 Å². The molecule has 0 amide bonds. The van der Waals surface area contributed by atoms with Crippen LogP contribution in [-0.2, 0) is 20.8 Å². The number of rotatable bonds is 16. The van der Waals surface area contributed by atoms with Crippen molar-refractivity contribution in [3.63, 3.8) is 0 Å². The van der Waals surface area contributed by atoms with E-state index in [2.05, 4.69) is 45.0 Å². The monoisotopic (exact) mass is 350 g/mol. The lowest BCUT2D eigenvalue weighted by molar-refractivity contribution is -0.146. The predicted octanol–water partition coefficient (Wildman–Crippen LogP) is 6.11. The third-order valence-electron chi connectivity index (χ3n) is 4.19. The van der Waals surface area contributed by atoms with Crippen LogP contribution >= 0.6 is 0 Å². The molecular weight excluding hydrogens is 312 g/mol. The minimum Gasteiger partial charge on any atom is -0.374 e. The summed E-state index contributed by atoms with van der Waals surface area (Å²) >= 11 is 0. The highest BCUT2D eigenvalue weighted by molar-refractivity contribution is 5.13. The molecule has 1 aromatic carbocycles. The van der Waals surface area contributed by atoms with Crippen LogP contribution in [0.3, 0.4) is 0 Å². The number of benzene rings is 1. The maximum absolute atomic E-state index is 5.92. The molecule has 0 spiro atoms. The Morgan fingerprint density at radius 2 is 1.36 bits per heavy atom. The van der Waals surface area contributed by atoms with E-state index >= 15 is 0 Å². The lowest BCUT2D eigenvalue weighted by Crippen LogP contribution is -2.18. The van der Waals surface area contributed by atoms with E-state index in [1.807, 2.05) is 6.07 Å². The van der Waals surface area contributed by atoms with E-state index in [0.29, 0.717) is 12.7 Å². The minimum atomic E-state index is -0.00645. The molecule has 1 aromatic rings. The maximum atomic E-state index is 5.92. The normalized spacial score (nSPS) is 12.6. The zero-order chi connectivity index (χ0) is 18.2. The second-order valence-corrected chi connectivity index (χ2v) is 6.77. The molecule has 3 heteroatoms. The van der Waals surface area contributed by atoms with Gasteiger partial charge in [-0.1, -0.05) is 63.4 Å². The molecule has 3 nitrogen and oxygen atoms in total. The van der Waals surface area contributed by atoms with Gasteiger partial charge in [-0.15, -0.1) is 0 Å². The van der Waals surface area contributed by atoms with Crippen LogP contribution in [0.15, 0.2) is 30.3 Å². The van der Waals surface area contributed by atoms with Crippen molar-refractivity contribution in [2.45, 2.75) is 91.1 Å². The van der Waals surface area contributed by atoms with E-state index < -0.39 is 0 Å². The second kappa shape index (κ2) is 15.4. The van der Waals surface area contributed by atoms with Gasteiger partial charge >= 0.3 is 0 Å². The zero-order valence-corrected chi connectivity index (χ0v) is 16.5. The molecule has 0 saturated carbocycles. The Hall–Kier alpha value is -0.900. The quantitative estimate of drug-likeness (QED) is 0.266. The van der Waals surface area contributed by atoms with Crippen molar-refractivity contribution in [2.75, 3.05) is 13.2 Å². The lowest BCUT2D eigenvalue weighted by Gasteiger charge is -2.18. The summed E-state index contributed by atoms with van der Waals surface area (Å²) in [4.78, 5) is 0. The van der Waals surface area contributed by atoms with Crippen molar-refractivity contribution < 1.29 is 14.2 Å². The van der Waals surface area contributed by atoms with E-state index in [1.54, 1.807) is 0 Å². The molecule has 0 bridgehead atoms. The molecule has 0 aliphatic carbocycles. The molecule has 0 fully saturated rings. The molecule has 1 atom stereocenters. The third kappa shape index (κ3) is 12.1. The molecule has 0 N–H and O–H groups in total. The summed E-state index contributed by atoms with van der Waals surface area (Å²) in [6.07, 6.45) is 9.47. The van der Waals surface area contributed by atoms with Gasteiger partial charge in [-0.05, 0) is 44.6 Å². The molecule has 1 rings (SSSR count). The number of hydrogen-bond donors (Lipinski definition) is 0. The third-order valence-corrected chi connectivity index (χ3v) is 4.19. The highest BCUT2D eigenvalue weighted by Gasteiger charge is 2.08. The number of ether oxygens (including phenoxy) is 3. The van der Waals surface area contributed by atoms with Crippen LogP contribution < -0.4 is 0 Å². The van der Waals surface area contributed by atoms with Crippen molar-refractivity contribution in [3.05, 3.63) is 35.9 Å². The standard InChI is InChI=1S/C22H38O3/c1-4-17-23-22(24-18-5-2)16-12-7-6-9-13-20(3)25-19-21-14-10-8-11-15-21/h8,10-11,14-15,20,22H,4-7,9,12-13,16-19H2,1-3H3. The van der Waals surface area contributed by atoms with Gasteiger partial charge < -0.3 is 14.2 Å². The predicted molar refractivity (Wildman–Crippen MR) is 105 cm³/mol. The average molecular weight is 351 g/mol. The van der Waals surface area contributed by atoms with Gasteiger partial charge in [0.15, 0.2) is 6.29 Å². The molecule has 0 aliphatic heterocycles. The molecule has 144 valence electrons. The second-order valence-electron chi connectivity index (χ2n) is 6.77. The SMILES string of the molecule is CCCOC(CCCCCCC(C)OCc1ccccc1)OCCC. The fraction of sp³-hybridized carbons (Fsp3) is 0.727. The van der Waals surface area contributed by atoms with Crippen LogP contribution in [0.2, 0.25) is 0 Å². The molecule has 0 radical (unpaired) electrons. The fourth-order valence-corrected chi connectivity index (χ4v) is 2.71. The van der Waals surface area contributed by atoms with Crippen molar-refractivity contribution in [3.8, 4) is 0 Å². The summed E-state index contributed by atoms with van der Waals surface area (Å²) in [5, 5.41) is 0. The van der Waals surface area contributed by atoms with Crippen molar-refractivity contribution in [2.24, 2.45) is 0 Å². The largest absolute Gasteiger partial charge is 0.374 e. The topological polar surface area (TPSA) is 27.7 Å². The van der Waals surface area contributed by atoms with E-state index in [-0.39, 0.29) is 6.29 Å². The molecule has 0 aliphatic rings. The van der Waals surface area contributed by atoms with Gasteiger partial charge in [0.25, 0.3) is 0 Å². The molecule has 0 aromatic heterocycles. The van der Waals surface area contributed by atoms with E-state index in [1.165, 1.54) is 31.2 Å². The van der Waals surface area contributed by atoms with Crippen molar-refractivity contribution in [1.29, 1.82) is 0 Å². The number of unbranched alkanes of at least 4 members (excludes halogenated alkanes) is 3. The van der Waals surface area contributed by atoms with Crippen LogP contribution in [0.5, 0.6) is 0 Å². The highest BCUT2D eigenvalue weighted by atomic mass is 16.7. The Kier molecular flexibility index (Phi) is 13.6. The smallest absolute Gasteiger partial charge is 0.157 e. The first-order valence-electron chi connectivity index (χ1n) is 10.1.